The minimum absolute atomic E-state index is 0.0505. The van der Waals surface area contributed by atoms with E-state index in [1.807, 2.05) is 0 Å². The van der Waals surface area contributed by atoms with Crippen LogP contribution in [0.5, 0.6) is 0 Å². The average Bonchev–Trinajstić information content (AvgIpc) is 1.90. The maximum absolute atomic E-state index is 5.70. The molecule has 2 nitrogen and oxygen atoms in total. The van der Waals surface area contributed by atoms with Crippen LogP contribution < -0.4 is 0 Å². The van der Waals surface area contributed by atoms with Crippen LogP contribution >= 0.6 is 20.0 Å². The zero-order chi connectivity index (χ0) is 6.69. The Bertz CT molecular complexity index is 84.6. The van der Waals surface area contributed by atoms with E-state index in [4.69, 9.17) is 29.5 Å². The second-order valence-corrected chi connectivity index (χ2v) is 10.8. The van der Waals surface area contributed by atoms with Gasteiger partial charge in [0.25, 0.3) is 0 Å². The van der Waals surface area contributed by atoms with E-state index >= 15 is 0 Å². The molecule has 0 radical (unpaired) electrons. The summed E-state index contributed by atoms with van der Waals surface area (Å²) >= 11 is -2.07. The van der Waals surface area contributed by atoms with Crippen LogP contribution in [0.15, 0.2) is 0 Å². The second-order valence-electron chi connectivity index (χ2n) is 1.82. The predicted octanol–water partition coefficient (Wildman–Crippen LogP) is 0.639. The third kappa shape index (κ3) is 2.64. The van der Waals surface area contributed by atoms with Gasteiger partial charge >= 0.3 is 66.7 Å². The van der Waals surface area contributed by atoms with E-state index < -0.39 is 12.5 Å². The topological polar surface area (TPSA) is 18.5 Å². The van der Waals surface area contributed by atoms with E-state index in [-0.39, 0.29) is 4.94 Å². The predicted molar refractivity (Wildman–Crippen MR) is 39.4 cm³/mol. The summed E-state index contributed by atoms with van der Waals surface area (Å²) < 4.78 is 10.3. The molecular formula is C4H8Cl2GeO2. The van der Waals surface area contributed by atoms with E-state index in [0.29, 0.717) is 19.8 Å². The first-order chi connectivity index (χ1) is 4.30. The van der Waals surface area contributed by atoms with Crippen LogP contribution in [0.4, 0.5) is 0 Å². The summed E-state index contributed by atoms with van der Waals surface area (Å²) in [4.78, 5) is 0.0505. The molecule has 0 aromatic heterocycles. The first-order valence-corrected chi connectivity index (χ1v) is 10.5. The van der Waals surface area contributed by atoms with Crippen molar-refractivity contribution in [1.29, 1.82) is 0 Å². The summed E-state index contributed by atoms with van der Waals surface area (Å²) in [5.74, 6) is 0. The fourth-order valence-corrected chi connectivity index (χ4v) is 3.34. The van der Waals surface area contributed by atoms with Crippen LogP contribution in [-0.2, 0) is 9.47 Å². The number of hydrogen-bond acceptors (Lipinski definition) is 2. The van der Waals surface area contributed by atoms with Gasteiger partial charge in [-0.25, -0.2) is 0 Å². The quantitative estimate of drug-likeness (QED) is 0.617. The SMILES string of the molecule is [Cl][GeH]([Cl])[CH]1COCCO1. The summed E-state index contributed by atoms with van der Waals surface area (Å²) in [5.41, 5.74) is 0. The molecule has 5 heteroatoms. The van der Waals surface area contributed by atoms with Gasteiger partial charge in [-0.2, -0.15) is 0 Å². The van der Waals surface area contributed by atoms with Crippen molar-refractivity contribution in [3.8, 4) is 0 Å². The summed E-state index contributed by atoms with van der Waals surface area (Å²) in [6, 6.07) is 0. The first-order valence-electron chi connectivity index (χ1n) is 2.78. The number of hydrogen-bond donors (Lipinski definition) is 0. The van der Waals surface area contributed by atoms with Crippen molar-refractivity contribution in [3.05, 3.63) is 0 Å². The van der Waals surface area contributed by atoms with Crippen molar-refractivity contribution in [2.45, 2.75) is 4.94 Å². The van der Waals surface area contributed by atoms with E-state index in [0.717, 1.165) is 0 Å². The Hall–Kier alpha value is 1.04. The molecule has 0 spiro atoms. The molecule has 1 fully saturated rings. The molecule has 0 amide bonds. The van der Waals surface area contributed by atoms with Gasteiger partial charge in [-0.05, 0) is 0 Å². The molecule has 1 heterocycles. The van der Waals surface area contributed by atoms with Gasteiger partial charge in [-0.15, -0.1) is 0 Å². The van der Waals surface area contributed by atoms with E-state index in [1.165, 1.54) is 0 Å². The molecule has 0 bridgehead atoms. The fourth-order valence-electron chi connectivity index (χ4n) is 0.651. The summed E-state index contributed by atoms with van der Waals surface area (Å²) in [6.07, 6.45) is 0. The molecule has 1 rings (SSSR count). The maximum atomic E-state index is 5.70. The molecule has 9 heavy (non-hydrogen) atoms. The minimum atomic E-state index is -2.07. The molecule has 0 aromatic rings. The molecule has 0 N–H and O–H groups in total. The summed E-state index contributed by atoms with van der Waals surface area (Å²) in [5, 5.41) is 0. The third-order valence-electron chi connectivity index (χ3n) is 1.12. The van der Waals surface area contributed by atoms with Crippen LogP contribution in [0.1, 0.15) is 0 Å². The van der Waals surface area contributed by atoms with E-state index in [9.17, 15) is 0 Å². The van der Waals surface area contributed by atoms with E-state index in [1.54, 1.807) is 0 Å². The Balaban J connectivity index is 2.23. The van der Waals surface area contributed by atoms with Gasteiger partial charge < -0.3 is 0 Å². The first kappa shape index (κ1) is 8.14. The molecule has 0 aromatic carbocycles. The van der Waals surface area contributed by atoms with Gasteiger partial charge in [-0.3, -0.25) is 0 Å². The molecule has 0 saturated carbocycles. The van der Waals surface area contributed by atoms with Crippen LogP contribution in [-0.4, -0.2) is 37.2 Å². The summed E-state index contributed by atoms with van der Waals surface area (Å²) in [6.45, 7) is 1.92. The van der Waals surface area contributed by atoms with E-state index in [2.05, 4.69) is 0 Å². The van der Waals surface area contributed by atoms with Gasteiger partial charge in [0.1, 0.15) is 0 Å². The molecule has 1 unspecified atom stereocenters. The third-order valence-corrected chi connectivity index (χ3v) is 6.03. The second kappa shape index (κ2) is 4.03. The van der Waals surface area contributed by atoms with Gasteiger partial charge in [-0.1, -0.05) is 0 Å². The molecule has 1 saturated heterocycles. The number of rotatable bonds is 1. The van der Waals surface area contributed by atoms with Crippen LogP contribution in [0, 0.1) is 0 Å². The summed E-state index contributed by atoms with van der Waals surface area (Å²) in [7, 11) is 11.4. The van der Waals surface area contributed by atoms with Crippen molar-refractivity contribution in [3.63, 3.8) is 0 Å². The fraction of sp³-hybridized carbons (Fsp3) is 1.00. The molecular weight excluding hydrogens is 224 g/mol. The normalized spacial score (nSPS) is 29.0. The molecule has 1 aliphatic heterocycles. The molecule has 1 atom stereocenters. The van der Waals surface area contributed by atoms with Crippen molar-refractivity contribution in [1.82, 2.24) is 0 Å². The standard InChI is InChI=1S/C4H8Cl2GeO2/c5-7(6)4-3-8-1-2-9-4/h4,7H,1-3H2. The zero-order valence-electron chi connectivity index (χ0n) is 4.85. The van der Waals surface area contributed by atoms with Gasteiger partial charge in [0.2, 0.25) is 0 Å². The molecule has 1 aliphatic rings. The van der Waals surface area contributed by atoms with Crippen LogP contribution in [0.3, 0.4) is 0 Å². The monoisotopic (exact) mass is 232 g/mol. The van der Waals surface area contributed by atoms with Gasteiger partial charge in [0.15, 0.2) is 0 Å². The Morgan fingerprint density at radius 1 is 1.33 bits per heavy atom. The average molecular weight is 232 g/mol. The molecule has 0 aliphatic carbocycles. The Morgan fingerprint density at radius 3 is 2.44 bits per heavy atom. The Morgan fingerprint density at radius 2 is 2.11 bits per heavy atom. The Kier molecular flexibility index (Phi) is 3.65. The Labute approximate surface area is 66.9 Å². The van der Waals surface area contributed by atoms with Gasteiger partial charge in [0, 0.05) is 0 Å². The zero-order valence-corrected chi connectivity index (χ0v) is 8.78. The van der Waals surface area contributed by atoms with Gasteiger partial charge in [0.05, 0.1) is 0 Å². The number of halogens is 2. The van der Waals surface area contributed by atoms with Crippen LogP contribution in [0.25, 0.3) is 0 Å². The molecule has 54 valence electrons. The van der Waals surface area contributed by atoms with Crippen LogP contribution in [0.2, 0.25) is 0 Å². The van der Waals surface area contributed by atoms with Crippen molar-refractivity contribution in [2.75, 3.05) is 19.8 Å². The van der Waals surface area contributed by atoms with Crippen molar-refractivity contribution in [2.24, 2.45) is 0 Å². The number of ether oxygens (including phenoxy) is 2. The van der Waals surface area contributed by atoms with Crippen molar-refractivity contribution >= 4 is 32.5 Å². The van der Waals surface area contributed by atoms with Crippen molar-refractivity contribution < 1.29 is 9.47 Å².